The predicted molar refractivity (Wildman–Crippen MR) is 98.9 cm³/mol. The lowest BCUT2D eigenvalue weighted by Gasteiger charge is -2.13. The maximum atomic E-state index is 12.3. The molecule has 2 aromatic rings. The Balaban J connectivity index is 1.59. The molecule has 5 heteroatoms. The molecule has 1 N–H and O–H groups in total. The van der Waals surface area contributed by atoms with Gasteiger partial charge in [0.25, 0.3) is 5.91 Å². The molecule has 0 heterocycles. The topological polar surface area (TPSA) is 64.6 Å². The van der Waals surface area contributed by atoms with Crippen molar-refractivity contribution >= 4 is 11.7 Å². The van der Waals surface area contributed by atoms with Crippen molar-refractivity contribution < 1.29 is 19.1 Å². The summed E-state index contributed by atoms with van der Waals surface area (Å²) in [6.45, 7) is 4.34. The second-order valence-electron chi connectivity index (χ2n) is 6.61. The first-order valence-electron chi connectivity index (χ1n) is 8.68. The number of hydrogen-bond acceptors (Lipinski definition) is 4. The van der Waals surface area contributed by atoms with Gasteiger partial charge in [-0.15, -0.1) is 0 Å². The molecule has 3 rings (SSSR count). The Morgan fingerprint density at radius 3 is 2.62 bits per heavy atom. The van der Waals surface area contributed by atoms with E-state index in [1.165, 1.54) is 0 Å². The fraction of sp³-hybridized carbons (Fsp3) is 0.333. The molecular formula is C21H23NO4. The number of nitrogens with one attached hydrogen (secondary N) is 1. The quantitative estimate of drug-likeness (QED) is 0.865. The van der Waals surface area contributed by atoms with Crippen LogP contribution in [0, 0.1) is 6.92 Å². The fourth-order valence-electron chi connectivity index (χ4n) is 3.37. The van der Waals surface area contributed by atoms with Gasteiger partial charge in [0.15, 0.2) is 12.4 Å². The van der Waals surface area contributed by atoms with Crippen molar-refractivity contribution in [3.05, 3.63) is 58.7 Å². The van der Waals surface area contributed by atoms with E-state index in [1.54, 1.807) is 13.2 Å². The highest BCUT2D eigenvalue weighted by atomic mass is 16.5. The van der Waals surface area contributed by atoms with Gasteiger partial charge in [-0.2, -0.15) is 0 Å². The number of carbonyl (C=O) groups is 2. The first-order valence-corrected chi connectivity index (χ1v) is 8.68. The van der Waals surface area contributed by atoms with Gasteiger partial charge < -0.3 is 14.8 Å². The Morgan fingerprint density at radius 1 is 1.19 bits per heavy atom. The molecule has 0 spiro atoms. The van der Waals surface area contributed by atoms with Crippen LogP contribution >= 0.6 is 0 Å². The van der Waals surface area contributed by atoms with Crippen LogP contribution in [0.5, 0.6) is 11.5 Å². The number of amides is 1. The van der Waals surface area contributed by atoms with E-state index >= 15 is 0 Å². The van der Waals surface area contributed by atoms with Crippen molar-refractivity contribution in [2.75, 3.05) is 13.7 Å². The number of benzene rings is 2. The van der Waals surface area contributed by atoms with Gasteiger partial charge in [-0.05, 0) is 47.7 Å². The van der Waals surface area contributed by atoms with Crippen LogP contribution in [0.3, 0.4) is 0 Å². The minimum absolute atomic E-state index is 0.0878. The summed E-state index contributed by atoms with van der Waals surface area (Å²) in [5, 5.41) is 2.82. The molecule has 0 fully saturated rings. The van der Waals surface area contributed by atoms with E-state index in [9.17, 15) is 9.59 Å². The Hall–Kier alpha value is -2.82. The molecule has 0 radical (unpaired) electrons. The molecule has 1 amide bonds. The van der Waals surface area contributed by atoms with Crippen molar-refractivity contribution in [3.63, 3.8) is 0 Å². The van der Waals surface area contributed by atoms with E-state index in [4.69, 9.17) is 9.47 Å². The van der Waals surface area contributed by atoms with Crippen LogP contribution in [0.4, 0.5) is 0 Å². The van der Waals surface area contributed by atoms with Gasteiger partial charge in [-0.25, -0.2) is 0 Å². The molecule has 2 aromatic carbocycles. The number of methoxy groups -OCH3 is 1. The first-order chi connectivity index (χ1) is 12.5. The Morgan fingerprint density at radius 2 is 1.92 bits per heavy atom. The molecule has 0 saturated carbocycles. The highest BCUT2D eigenvalue weighted by Gasteiger charge is 2.31. The number of aryl methyl sites for hydroxylation is 1. The molecule has 1 aliphatic rings. The molecule has 26 heavy (non-hydrogen) atoms. The van der Waals surface area contributed by atoms with Crippen LogP contribution < -0.4 is 14.8 Å². The van der Waals surface area contributed by atoms with Crippen molar-refractivity contribution in [2.24, 2.45) is 0 Å². The second kappa shape index (κ2) is 7.60. The minimum Gasteiger partial charge on any atom is -0.497 e. The number of carbonyl (C=O) groups excluding carboxylic acids is 2. The average molecular weight is 353 g/mol. The zero-order chi connectivity index (χ0) is 18.7. The number of fused-ring (bicyclic) bond motifs is 1. The summed E-state index contributed by atoms with van der Waals surface area (Å²) in [5.74, 6) is 1.33. The highest BCUT2D eigenvalue weighted by Crippen LogP contribution is 2.40. The van der Waals surface area contributed by atoms with E-state index in [2.05, 4.69) is 5.32 Å². The molecule has 5 nitrogen and oxygen atoms in total. The minimum atomic E-state index is -0.228. The second-order valence-corrected chi connectivity index (χ2v) is 6.61. The first kappa shape index (κ1) is 18.0. The molecule has 136 valence electrons. The number of ether oxygens (including phenoxy) is 2. The monoisotopic (exact) mass is 353 g/mol. The summed E-state index contributed by atoms with van der Waals surface area (Å²) >= 11 is 0. The zero-order valence-corrected chi connectivity index (χ0v) is 15.3. The summed E-state index contributed by atoms with van der Waals surface area (Å²) < 4.78 is 10.8. The van der Waals surface area contributed by atoms with Gasteiger partial charge in [0.05, 0.1) is 12.7 Å². The van der Waals surface area contributed by atoms with Gasteiger partial charge in [0.2, 0.25) is 0 Å². The van der Waals surface area contributed by atoms with E-state index in [1.807, 2.05) is 44.2 Å². The third-order valence-electron chi connectivity index (χ3n) is 4.70. The largest absolute Gasteiger partial charge is 0.497 e. The third kappa shape index (κ3) is 3.72. The molecule has 1 atom stereocenters. The van der Waals surface area contributed by atoms with Crippen molar-refractivity contribution in [1.82, 2.24) is 5.32 Å². The van der Waals surface area contributed by atoms with Crippen LogP contribution in [0.2, 0.25) is 0 Å². The van der Waals surface area contributed by atoms with Gasteiger partial charge in [0.1, 0.15) is 11.5 Å². The molecule has 0 unspecified atom stereocenters. The zero-order valence-electron chi connectivity index (χ0n) is 15.3. The lowest BCUT2D eigenvalue weighted by molar-refractivity contribution is -0.123. The molecule has 0 aromatic heterocycles. The van der Waals surface area contributed by atoms with Crippen LogP contribution in [-0.2, 0) is 11.3 Å². The standard InChI is InChI=1S/C21H23NO4/c1-13-4-9-18(21-17(23)10-14(2)20(13)21)26-12-19(24)22-11-15-5-7-16(25-3)8-6-15/h4-9,14H,10-12H2,1-3H3,(H,22,24)/t14-/m1/s1. The van der Waals surface area contributed by atoms with Crippen molar-refractivity contribution in [1.29, 1.82) is 0 Å². The summed E-state index contributed by atoms with van der Waals surface area (Å²) in [6, 6.07) is 11.2. The molecular weight excluding hydrogens is 330 g/mol. The number of Topliss-reactive ketones (excluding diaryl/α,β-unsaturated/α-hetero) is 1. The Bertz CT molecular complexity index is 827. The number of ketones is 1. The molecule has 0 bridgehead atoms. The maximum Gasteiger partial charge on any atom is 0.258 e. The normalized spacial score (nSPS) is 15.5. The van der Waals surface area contributed by atoms with E-state index in [0.29, 0.717) is 24.3 Å². The van der Waals surface area contributed by atoms with Gasteiger partial charge >= 0.3 is 0 Å². The highest BCUT2D eigenvalue weighted by molar-refractivity contribution is 6.04. The predicted octanol–water partition coefficient (Wildman–Crippen LogP) is 3.39. The average Bonchev–Trinajstić information content (AvgIpc) is 2.95. The summed E-state index contributed by atoms with van der Waals surface area (Å²) in [7, 11) is 1.61. The van der Waals surface area contributed by atoms with E-state index in [-0.39, 0.29) is 24.2 Å². The van der Waals surface area contributed by atoms with Crippen LogP contribution in [0.1, 0.15) is 46.3 Å². The van der Waals surface area contributed by atoms with Gasteiger partial charge in [0, 0.05) is 13.0 Å². The van der Waals surface area contributed by atoms with Gasteiger partial charge in [-0.3, -0.25) is 9.59 Å². The summed E-state index contributed by atoms with van der Waals surface area (Å²) in [4.78, 5) is 24.3. The SMILES string of the molecule is COc1ccc(CNC(=O)COc2ccc(C)c3c2C(=O)C[C@H]3C)cc1. The third-order valence-corrected chi connectivity index (χ3v) is 4.70. The van der Waals surface area contributed by atoms with Crippen molar-refractivity contribution in [3.8, 4) is 11.5 Å². The van der Waals surface area contributed by atoms with E-state index in [0.717, 1.165) is 22.4 Å². The number of rotatable bonds is 6. The molecule has 0 saturated heterocycles. The van der Waals surface area contributed by atoms with Gasteiger partial charge in [-0.1, -0.05) is 25.1 Å². The van der Waals surface area contributed by atoms with E-state index < -0.39 is 0 Å². The Kier molecular flexibility index (Phi) is 5.26. The lowest BCUT2D eigenvalue weighted by atomic mass is 9.97. The number of hydrogen-bond donors (Lipinski definition) is 1. The Labute approximate surface area is 153 Å². The van der Waals surface area contributed by atoms with Crippen LogP contribution in [-0.4, -0.2) is 25.4 Å². The fourth-order valence-corrected chi connectivity index (χ4v) is 3.37. The van der Waals surface area contributed by atoms with Crippen LogP contribution in [0.25, 0.3) is 0 Å². The van der Waals surface area contributed by atoms with Crippen LogP contribution in [0.15, 0.2) is 36.4 Å². The molecule has 0 aliphatic heterocycles. The summed E-state index contributed by atoms with van der Waals surface area (Å²) in [5.41, 5.74) is 3.75. The summed E-state index contributed by atoms with van der Waals surface area (Å²) in [6.07, 6.45) is 0.500. The smallest absolute Gasteiger partial charge is 0.258 e. The molecule has 1 aliphatic carbocycles. The maximum absolute atomic E-state index is 12.3. The van der Waals surface area contributed by atoms with Crippen molar-refractivity contribution in [2.45, 2.75) is 32.7 Å². The lowest BCUT2D eigenvalue weighted by Crippen LogP contribution is -2.28.